The van der Waals surface area contributed by atoms with Crippen molar-refractivity contribution >= 4 is 11.5 Å². The van der Waals surface area contributed by atoms with Gasteiger partial charge in [-0.1, -0.05) is 6.92 Å². The fraction of sp³-hybridized carbons (Fsp3) is 0.500. The van der Waals surface area contributed by atoms with Gasteiger partial charge in [-0.05, 0) is 25.5 Å². The highest BCUT2D eigenvalue weighted by Crippen LogP contribution is 2.28. The first kappa shape index (κ1) is 12.9. The normalized spacial score (nSPS) is 19.9. The highest BCUT2D eigenvalue weighted by atomic mass is 16.5. The van der Waals surface area contributed by atoms with Crippen LogP contribution in [0.3, 0.4) is 0 Å². The summed E-state index contributed by atoms with van der Waals surface area (Å²) < 4.78 is 5.46. The Labute approximate surface area is 107 Å². The molecule has 0 amide bonds. The van der Waals surface area contributed by atoms with E-state index in [1.807, 2.05) is 6.07 Å². The van der Waals surface area contributed by atoms with Gasteiger partial charge in [0.1, 0.15) is 5.75 Å². The van der Waals surface area contributed by atoms with Gasteiger partial charge in [0.15, 0.2) is 5.78 Å². The van der Waals surface area contributed by atoms with Crippen LogP contribution in [0.4, 0.5) is 5.69 Å². The van der Waals surface area contributed by atoms with Gasteiger partial charge in [-0.25, -0.2) is 0 Å². The maximum absolute atomic E-state index is 11.3. The molecule has 1 heterocycles. The number of aromatic hydroxyl groups is 1. The first-order valence-electron chi connectivity index (χ1n) is 6.31. The second-order valence-corrected chi connectivity index (χ2v) is 4.59. The maximum Gasteiger partial charge on any atom is 0.163 e. The zero-order chi connectivity index (χ0) is 13.1. The molecule has 0 radical (unpaired) electrons. The van der Waals surface area contributed by atoms with Gasteiger partial charge < -0.3 is 14.7 Å². The molecule has 2 rings (SSSR count). The summed E-state index contributed by atoms with van der Waals surface area (Å²) in [6, 6.07) is 5.59. The van der Waals surface area contributed by atoms with Crippen LogP contribution in [-0.2, 0) is 4.74 Å². The predicted molar refractivity (Wildman–Crippen MR) is 70.4 cm³/mol. The van der Waals surface area contributed by atoms with E-state index in [0.29, 0.717) is 24.8 Å². The van der Waals surface area contributed by atoms with Crippen LogP contribution < -0.4 is 4.90 Å². The first-order valence-corrected chi connectivity index (χ1v) is 6.31. The van der Waals surface area contributed by atoms with Crippen molar-refractivity contribution in [1.82, 2.24) is 0 Å². The van der Waals surface area contributed by atoms with Gasteiger partial charge in [-0.3, -0.25) is 4.79 Å². The van der Waals surface area contributed by atoms with Crippen LogP contribution in [0.25, 0.3) is 0 Å². The molecule has 0 bridgehead atoms. The van der Waals surface area contributed by atoms with Crippen molar-refractivity contribution in [2.75, 3.05) is 24.7 Å². The third-order valence-corrected chi connectivity index (χ3v) is 3.39. The molecular weight excluding hydrogens is 230 g/mol. The zero-order valence-corrected chi connectivity index (χ0v) is 10.8. The summed E-state index contributed by atoms with van der Waals surface area (Å²) in [5, 5.41) is 9.87. The van der Waals surface area contributed by atoms with Crippen LogP contribution in [0.5, 0.6) is 5.75 Å². The third kappa shape index (κ3) is 2.48. The Morgan fingerprint density at radius 2 is 2.33 bits per heavy atom. The summed E-state index contributed by atoms with van der Waals surface area (Å²) in [7, 11) is 0. The molecule has 4 heteroatoms. The number of anilines is 1. The zero-order valence-electron chi connectivity index (χ0n) is 10.8. The quantitative estimate of drug-likeness (QED) is 0.834. The molecule has 1 fully saturated rings. The molecule has 1 saturated heterocycles. The highest BCUT2D eigenvalue weighted by Gasteiger charge is 2.22. The van der Waals surface area contributed by atoms with Gasteiger partial charge in [0.05, 0.1) is 24.8 Å². The topological polar surface area (TPSA) is 49.8 Å². The van der Waals surface area contributed by atoms with E-state index < -0.39 is 0 Å². The smallest absolute Gasteiger partial charge is 0.163 e. The third-order valence-electron chi connectivity index (χ3n) is 3.39. The van der Waals surface area contributed by atoms with E-state index in [2.05, 4.69) is 11.8 Å². The number of phenolic OH excluding ortho intramolecular Hbond substituents is 1. The molecule has 0 aromatic heterocycles. The van der Waals surface area contributed by atoms with E-state index in [9.17, 15) is 9.90 Å². The van der Waals surface area contributed by atoms with Crippen molar-refractivity contribution in [3.05, 3.63) is 23.8 Å². The van der Waals surface area contributed by atoms with E-state index in [-0.39, 0.29) is 11.5 Å². The van der Waals surface area contributed by atoms with Crippen LogP contribution >= 0.6 is 0 Å². The van der Waals surface area contributed by atoms with Crippen molar-refractivity contribution in [2.45, 2.75) is 26.3 Å². The number of ether oxygens (including phenoxy) is 1. The molecule has 1 aromatic rings. The minimum atomic E-state index is -0.118. The summed E-state index contributed by atoms with van der Waals surface area (Å²) in [6.07, 6.45) is 0.995. The van der Waals surface area contributed by atoms with Crippen LogP contribution in [-0.4, -0.2) is 36.7 Å². The number of hydrogen-bond acceptors (Lipinski definition) is 4. The van der Waals surface area contributed by atoms with E-state index in [0.717, 1.165) is 18.7 Å². The standard InChI is InChI=1S/C14H19NO3/c1-3-11-9-18-7-6-15(11)12-4-5-13(10(2)16)14(17)8-12/h4-5,8,11,17H,3,6-7,9H2,1-2H3. The van der Waals surface area contributed by atoms with Gasteiger partial charge in [-0.15, -0.1) is 0 Å². The molecule has 1 atom stereocenters. The lowest BCUT2D eigenvalue weighted by molar-refractivity contribution is 0.0929. The highest BCUT2D eigenvalue weighted by molar-refractivity contribution is 5.97. The van der Waals surface area contributed by atoms with Crippen molar-refractivity contribution in [2.24, 2.45) is 0 Å². The van der Waals surface area contributed by atoms with Crippen molar-refractivity contribution < 1.29 is 14.6 Å². The van der Waals surface area contributed by atoms with E-state index in [1.165, 1.54) is 6.92 Å². The number of morpholine rings is 1. The lowest BCUT2D eigenvalue weighted by Gasteiger charge is -2.37. The number of carbonyl (C=O) groups excluding carboxylic acids is 1. The van der Waals surface area contributed by atoms with Gasteiger partial charge in [0.25, 0.3) is 0 Å². The number of ketones is 1. The first-order chi connectivity index (χ1) is 8.63. The molecule has 0 aliphatic carbocycles. The number of carbonyl (C=O) groups is 1. The summed E-state index contributed by atoms with van der Waals surface area (Å²) in [6.45, 7) is 5.81. The second kappa shape index (κ2) is 5.40. The Morgan fingerprint density at radius 1 is 1.56 bits per heavy atom. The van der Waals surface area contributed by atoms with Crippen LogP contribution in [0.1, 0.15) is 30.6 Å². The second-order valence-electron chi connectivity index (χ2n) is 4.59. The van der Waals surface area contributed by atoms with Crippen molar-refractivity contribution in [3.63, 3.8) is 0 Å². The van der Waals surface area contributed by atoms with E-state index in [1.54, 1.807) is 12.1 Å². The SMILES string of the molecule is CCC1COCCN1c1ccc(C(C)=O)c(O)c1. The van der Waals surface area contributed by atoms with Crippen molar-refractivity contribution in [3.8, 4) is 5.75 Å². The number of nitrogens with zero attached hydrogens (tertiary/aromatic N) is 1. The molecule has 18 heavy (non-hydrogen) atoms. The van der Waals surface area contributed by atoms with Gasteiger partial charge in [-0.2, -0.15) is 0 Å². The summed E-state index contributed by atoms with van der Waals surface area (Å²) in [5.41, 5.74) is 1.33. The fourth-order valence-electron chi connectivity index (χ4n) is 2.33. The monoisotopic (exact) mass is 249 g/mol. The van der Waals surface area contributed by atoms with Gasteiger partial charge >= 0.3 is 0 Å². The molecule has 1 N–H and O–H groups in total. The Balaban J connectivity index is 2.27. The molecule has 4 nitrogen and oxygen atoms in total. The Bertz CT molecular complexity index is 445. The lowest BCUT2D eigenvalue weighted by Crippen LogP contribution is -2.45. The lowest BCUT2D eigenvalue weighted by atomic mass is 10.1. The molecule has 1 aliphatic rings. The number of Topliss-reactive ketones (excluding diaryl/α,β-unsaturated/α-hetero) is 1. The summed E-state index contributed by atoms with van der Waals surface area (Å²) in [4.78, 5) is 13.5. The summed E-state index contributed by atoms with van der Waals surface area (Å²) in [5.74, 6) is -0.0607. The maximum atomic E-state index is 11.3. The Hall–Kier alpha value is -1.55. The van der Waals surface area contributed by atoms with Crippen LogP contribution in [0, 0.1) is 0 Å². The molecule has 1 aliphatic heterocycles. The predicted octanol–water partition coefficient (Wildman–Crippen LogP) is 2.21. The minimum absolute atomic E-state index is 0.0568. The van der Waals surface area contributed by atoms with Crippen molar-refractivity contribution in [1.29, 1.82) is 0 Å². The Morgan fingerprint density at radius 3 is 2.94 bits per heavy atom. The number of benzene rings is 1. The number of rotatable bonds is 3. The Kier molecular flexibility index (Phi) is 3.87. The molecule has 1 unspecified atom stereocenters. The van der Waals surface area contributed by atoms with Crippen LogP contribution in [0.2, 0.25) is 0 Å². The van der Waals surface area contributed by atoms with Crippen LogP contribution in [0.15, 0.2) is 18.2 Å². The average molecular weight is 249 g/mol. The largest absolute Gasteiger partial charge is 0.507 e. The summed E-state index contributed by atoms with van der Waals surface area (Å²) >= 11 is 0. The molecule has 98 valence electrons. The molecule has 0 spiro atoms. The molecule has 1 aromatic carbocycles. The van der Waals surface area contributed by atoms with E-state index >= 15 is 0 Å². The van der Waals surface area contributed by atoms with Gasteiger partial charge in [0, 0.05) is 18.3 Å². The number of hydrogen-bond donors (Lipinski definition) is 1. The number of phenols is 1. The molecule has 0 saturated carbocycles. The molecular formula is C14H19NO3. The average Bonchev–Trinajstić information content (AvgIpc) is 2.38. The minimum Gasteiger partial charge on any atom is -0.507 e. The van der Waals surface area contributed by atoms with E-state index in [4.69, 9.17) is 4.74 Å². The fourth-order valence-corrected chi connectivity index (χ4v) is 2.33. The van der Waals surface area contributed by atoms with Gasteiger partial charge in [0.2, 0.25) is 0 Å².